The molecule has 0 N–H and O–H groups in total. The Hall–Kier alpha value is -1.95. The number of rotatable bonds is 6. The third-order valence-electron chi connectivity index (χ3n) is 5.21. The minimum absolute atomic E-state index is 0.0766. The van der Waals surface area contributed by atoms with Crippen LogP contribution in [0.15, 0.2) is 24.5 Å². The lowest BCUT2D eigenvalue weighted by Crippen LogP contribution is -2.44. The summed E-state index contributed by atoms with van der Waals surface area (Å²) in [5, 5.41) is 0. The van der Waals surface area contributed by atoms with Gasteiger partial charge in [0.15, 0.2) is 0 Å². The molecule has 2 aliphatic rings. The van der Waals surface area contributed by atoms with Gasteiger partial charge in [0.05, 0.1) is 12.7 Å². The van der Waals surface area contributed by atoms with Gasteiger partial charge in [0, 0.05) is 51.4 Å². The molecule has 26 heavy (non-hydrogen) atoms. The fourth-order valence-corrected chi connectivity index (χ4v) is 3.66. The normalized spacial score (nSPS) is 21.5. The molecule has 1 aromatic heterocycles. The topological polar surface area (TPSA) is 62.7 Å². The molecular formula is C20H29N3O3. The van der Waals surface area contributed by atoms with E-state index >= 15 is 0 Å². The zero-order valence-corrected chi connectivity index (χ0v) is 15.4. The first kappa shape index (κ1) is 18.8. The van der Waals surface area contributed by atoms with Crippen molar-refractivity contribution in [2.75, 3.05) is 26.2 Å². The predicted octanol–water partition coefficient (Wildman–Crippen LogP) is 2.38. The molecule has 1 aromatic rings. The maximum Gasteiger partial charge on any atom is 0.224 e. The average molecular weight is 359 g/mol. The van der Waals surface area contributed by atoms with E-state index in [2.05, 4.69) is 4.98 Å². The molecule has 6 heteroatoms. The van der Waals surface area contributed by atoms with E-state index < -0.39 is 0 Å². The Labute approximate surface area is 155 Å². The largest absolute Gasteiger partial charge is 0.372 e. The number of amides is 2. The second-order valence-corrected chi connectivity index (χ2v) is 7.22. The molecule has 2 aliphatic heterocycles. The van der Waals surface area contributed by atoms with Crippen molar-refractivity contribution >= 4 is 11.8 Å². The van der Waals surface area contributed by atoms with Gasteiger partial charge in [0.1, 0.15) is 0 Å². The zero-order valence-electron chi connectivity index (χ0n) is 15.4. The molecule has 142 valence electrons. The van der Waals surface area contributed by atoms with Crippen LogP contribution in [0, 0.1) is 0 Å². The van der Waals surface area contributed by atoms with Crippen molar-refractivity contribution in [2.24, 2.45) is 0 Å². The van der Waals surface area contributed by atoms with Crippen LogP contribution in [0.4, 0.5) is 0 Å². The Kier molecular flexibility index (Phi) is 7.00. The Balaban J connectivity index is 1.43. The molecule has 0 saturated carbocycles. The molecule has 0 spiro atoms. The number of piperidine rings is 1. The van der Waals surface area contributed by atoms with Crippen LogP contribution in [0.25, 0.3) is 0 Å². The molecule has 0 aromatic carbocycles. The highest BCUT2D eigenvalue weighted by atomic mass is 16.5. The van der Waals surface area contributed by atoms with Crippen LogP contribution < -0.4 is 0 Å². The third kappa shape index (κ3) is 5.53. The van der Waals surface area contributed by atoms with Crippen molar-refractivity contribution in [3.05, 3.63) is 30.1 Å². The lowest BCUT2D eigenvalue weighted by atomic mass is 10.1. The molecule has 6 nitrogen and oxygen atoms in total. The minimum atomic E-state index is 0.0766. The molecule has 3 heterocycles. The summed E-state index contributed by atoms with van der Waals surface area (Å²) in [6, 6.07) is 3.90. The summed E-state index contributed by atoms with van der Waals surface area (Å²) >= 11 is 0. The van der Waals surface area contributed by atoms with Gasteiger partial charge in [-0.25, -0.2) is 0 Å². The van der Waals surface area contributed by atoms with E-state index in [9.17, 15) is 9.59 Å². The monoisotopic (exact) mass is 359 g/mol. The van der Waals surface area contributed by atoms with Gasteiger partial charge < -0.3 is 14.5 Å². The molecule has 0 aliphatic carbocycles. The number of carbonyl (C=O) groups is 2. The van der Waals surface area contributed by atoms with Gasteiger partial charge in [-0.15, -0.1) is 0 Å². The maximum atomic E-state index is 12.6. The minimum Gasteiger partial charge on any atom is -0.372 e. The van der Waals surface area contributed by atoms with Gasteiger partial charge in [-0.3, -0.25) is 14.6 Å². The van der Waals surface area contributed by atoms with Crippen LogP contribution in [0.5, 0.6) is 0 Å². The standard InChI is InChI=1S/C20H29N3O3/c24-19-8-2-1-3-11-22(19)13-9-20(25)23-12-5-7-18(15-23)26-16-17-6-4-10-21-14-17/h4,6,10,14,18H,1-3,5,7-9,11-13,15-16H2/t18-/m1/s1. The SMILES string of the molecule is O=C1CCCCCN1CCC(=O)N1CCC[C@@H](OCc2cccnc2)C1. The summed E-state index contributed by atoms with van der Waals surface area (Å²) in [6.45, 7) is 3.31. The number of aromatic nitrogens is 1. The van der Waals surface area contributed by atoms with Crippen LogP contribution in [-0.4, -0.2) is 58.9 Å². The molecule has 0 radical (unpaired) electrons. The summed E-state index contributed by atoms with van der Waals surface area (Å²) in [5.41, 5.74) is 1.05. The highest BCUT2D eigenvalue weighted by Crippen LogP contribution is 2.17. The number of hydrogen-bond donors (Lipinski definition) is 0. The second kappa shape index (κ2) is 9.67. The molecule has 0 bridgehead atoms. The first-order valence-corrected chi connectivity index (χ1v) is 9.78. The van der Waals surface area contributed by atoms with E-state index in [1.807, 2.05) is 28.1 Å². The number of hydrogen-bond acceptors (Lipinski definition) is 4. The lowest BCUT2D eigenvalue weighted by molar-refractivity contribution is -0.137. The van der Waals surface area contributed by atoms with Crippen molar-refractivity contribution in [3.8, 4) is 0 Å². The summed E-state index contributed by atoms with van der Waals surface area (Å²) in [6.07, 6.45) is 9.76. The van der Waals surface area contributed by atoms with Gasteiger partial charge in [0.25, 0.3) is 0 Å². The molecule has 1 atom stereocenters. The first-order chi connectivity index (χ1) is 12.7. The quantitative estimate of drug-likeness (QED) is 0.782. The predicted molar refractivity (Wildman–Crippen MR) is 98.3 cm³/mol. The van der Waals surface area contributed by atoms with Crippen LogP contribution >= 0.6 is 0 Å². The molecule has 2 amide bonds. The molecule has 2 saturated heterocycles. The molecule has 0 unspecified atom stereocenters. The second-order valence-electron chi connectivity index (χ2n) is 7.22. The third-order valence-corrected chi connectivity index (χ3v) is 5.21. The van der Waals surface area contributed by atoms with Crippen LogP contribution in [0.3, 0.4) is 0 Å². The van der Waals surface area contributed by atoms with E-state index in [1.165, 1.54) is 0 Å². The van der Waals surface area contributed by atoms with Crippen molar-refractivity contribution < 1.29 is 14.3 Å². The highest BCUT2D eigenvalue weighted by molar-refractivity contribution is 5.79. The van der Waals surface area contributed by atoms with Gasteiger partial charge in [-0.1, -0.05) is 12.5 Å². The van der Waals surface area contributed by atoms with Crippen molar-refractivity contribution in [1.82, 2.24) is 14.8 Å². The lowest BCUT2D eigenvalue weighted by Gasteiger charge is -2.33. The summed E-state index contributed by atoms with van der Waals surface area (Å²) in [7, 11) is 0. The smallest absolute Gasteiger partial charge is 0.224 e. The number of carbonyl (C=O) groups excluding carboxylic acids is 2. The highest BCUT2D eigenvalue weighted by Gasteiger charge is 2.25. The van der Waals surface area contributed by atoms with Crippen LogP contribution in [-0.2, 0) is 20.9 Å². The number of pyridine rings is 1. The summed E-state index contributed by atoms with van der Waals surface area (Å²) in [4.78, 5) is 32.5. The molecule has 3 rings (SSSR count). The molecule has 2 fully saturated rings. The Bertz CT molecular complexity index is 593. The first-order valence-electron chi connectivity index (χ1n) is 9.78. The van der Waals surface area contributed by atoms with E-state index in [1.54, 1.807) is 6.20 Å². The number of likely N-dealkylation sites (tertiary alicyclic amines) is 2. The number of ether oxygens (including phenoxy) is 1. The van der Waals surface area contributed by atoms with Gasteiger partial charge in [0.2, 0.25) is 11.8 Å². The van der Waals surface area contributed by atoms with Crippen molar-refractivity contribution in [3.63, 3.8) is 0 Å². The van der Waals surface area contributed by atoms with E-state index in [0.29, 0.717) is 32.5 Å². The summed E-state index contributed by atoms with van der Waals surface area (Å²) in [5.74, 6) is 0.336. The average Bonchev–Trinajstić information content (AvgIpc) is 2.89. The Morgan fingerprint density at radius 2 is 2.15 bits per heavy atom. The number of nitrogens with zero attached hydrogens (tertiary/aromatic N) is 3. The van der Waals surface area contributed by atoms with Crippen LogP contribution in [0.1, 0.15) is 50.5 Å². The maximum absolute atomic E-state index is 12.6. The zero-order chi connectivity index (χ0) is 18.2. The van der Waals surface area contributed by atoms with E-state index in [-0.39, 0.29) is 17.9 Å². The fraction of sp³-hybridized carbons (Fsp3) is 0.650. The molecular weight excluding hydrogens is 330 g/mol. The van der Waals surface area contributed by atoms with E-state index in [0.717, 1.165) is 50.8 Å². The van der Waals surface area contributed by atoms with Gasteiger partial charge in [-0.2, -0.15) is 0 Å². The van der Waals surface area contributed by atoms with Gasteiger partial charge in [-0.05, 0) is 37.3 Å². The fourth-order valence-electron chi connectivity index (χ4n) is 3.66. The Morgan fingerprint density at radius 1 is 1.23 bits per heavy atom. The van der Waals surface area contributed by atoms with Gasteiger partial charge >= 0.3 is 0 Å². The summed E-state index contributed by atoms with van der Waals surface area (Å²) < 4.78 is 5.98. The Morgan fingerprint density at radius 3 is 3.00 bits per heavy atom. The van der Waals surface area contributed by atoms with Crippen molar-refractivity contribution in [2.45, 2.75) is 57.7 Å². The van der Waals surface area contributed by atoms with E-state index in [4.69, 9.17) is 4.74 Å². The van der Waals surface area contributed by atoms with Crippen LogP contribution in [0.2, 0.25) is 0 Å². The van der Waals surface area contributed by atoms with Crippen molar-refractivity contribution in [1.29, 1.82) is 0 Å².